The fraction of sp³-hybridized carbons (Fsp3) is 0.263. The first-order chi connectivity index (χ1) is 13.5. The zero-order valence-electron chi connectivity index (χ0n) is 15.3. The predicted octanol–water partition coefficient (Wildman–Crippen LogP) is 4.14. The minimum absolute atomic E-state index is 0.00547. The van der Waals surface area contributed by atoms with E-state index in [-0.39, 0.29) is 11.2 Å². The van der Waals surface area contributed by atoms with Gasteiger partial charge in [-0.1, -0.05) is 23.8 Å². The molecular weight excluding hydrogens is 410 g/mol. The number of benzene rings is 1. The largest absolute Gasteiger partial charge is 0.301 e. The van der Waals surface area contributed by atoms with E-state index in [1.54, 1.807) is 17.8 Å². The summed E-state index contributed by atoms with van der Waals surface area (Å²) < 4.78 is 2.45. The fourth-order valence-corrected chi connectivity index (χ4v) is 5.31. The second-order valence-corrected chi connectivity index (χ2v) is 9.07. The maximum absolute atomic E-state index is 12.7. The average Bonchev–Trinajstić information content (AvgIpc) is 3.36. The van der Waals surface area contributed by atoms with Crippen molar-refractivity contribution in [3.63, 3.8) is 0 Å². The molecule has 0 aliphatic carbocycles. The van der Waals surface area contributed by atoms with E-state index in [1.807, 2.05) is 9.95 Å². The van der Waals surface area contributed by atoms with Crippen LogP contribution >= 0.6 is 35.3 Å². The molecule has 1 aromatic carbocycles. The first-order valence-electron chi connectivity index (χ1n) is 8.80. The minimum atomic E-state index is -0.118. The molecule has 1 aliphatic heterocycles. The third-order valence-corrected chi connectivity index (χ3v) is 6.88. The summed E-state index contributed by atoms with van der Waals surface area (Å²) >= 11 is 8.28. The lowest BCUT2D eigenvalue weighted by Gasteiger charge is -2.07. The Morgan fingerprint density at radius 3 is 3.21 bits per heavy atom. The second kappa shape index (κ2) is 8.02. The van der Waals surface area contributed by atoms with Gasteiger partial charge in [0.1, 0.15) is 5.82 Å². The van der Waals surface area contributed by atoms with Crippen LogP contribution in [0.2, 0.25) is 0 Å². The van der Waals surface area contributed by atoms with E-state index in [4.69, 9.17) is 12.2 Å². The van der Waals surface area contributed by atoms with Gasteiger partial charge in [-0.05, 0) is 37.2 Å². The standard InChI is InChI=1S/C19H19N5OS3/c1-3-6-24-16(22-23-19(24)26)9-13-10-27-18(20-13)21-17(25)15-8-12-5-4-11(2)7-14(12)28-15/h3-5,7,10,15H,1,6,8-9H2,2H3,(H,23,26)(H,20,21,25). The number of thioether (sulfide) groups is 1. The quantitative estimate of drug-likeness (QED) is 0.455. The number of amides is 1. The molecule has 1 atom stereocenters. The molecule has 1 amide bonds. The number of anilines is 1. The Balaban J connectivity index is 1.41. The molecule has 0 saturated heterocycles. The molecule has 0 spiro atoms. The number of aromatic nitrogens is 4. The Labute approximate surface area is 176 Å². The number of thiazole rings is 1. The summed E-state index contributed by atoms with van der Waals surface area (Å²) in [5.74, 6) is 0.791. The van der Waals surface area contributed by atoms with Crippen molar-refractivity contribution in [2.45, 2.75) is 36.5 Å². The second-order valence-electron chi connectivity index (χ2n) is 6.58. The van der Waals surface area contributed by atoms with Gasteiger partial charge in [-0.15, -0.1) is 29.7 Å². The third-order valence-electron chi connectivity index (χ3n) is 4.46. The molecule has 2 N–H and O–H groups in total. The topological polar surface area (TPSA) is 75.6 Å². The number of fused-ring (bicyclic) bond motifs is 1. The molecule has 4 rings (SSSR count). The number of carbonyl (C=O) groups excluding carboxylic acids is 1. The number of nitrogens with one attached hydrogen (secondary N) is 2. The van der Waals surface area contributed by atoms with Crippen molar-refractivity contribution in [1.82, 2.24) is 19.7 Å². The molecule has 28 heavy (non-hydrogen) atoms. The normalized spacial score (nSPS) is 15.4. The van der Waals surface area contributed by atoms with E-state index in [0.29, 0.717) is 22.9 Å². The molecule has 144 valence electrons. The number of allylic oxidation sites excluding steroid dienone is 1. The van der Waals surface area contributed by atoms with Gasteiger partial charge in [0.25, 0.3) is 0 Å². The van der Waals surface area contributed by atoms with Gasteiger partial charge in [0.15, 0.2) is 9.90 Å². The first-order valence-corrected chi connectivity index (χ1v) is 11.0. The Morgan fingerprint density at radius 2 is 2.39 bits per heavy atom. The summed E-state index contributed by atoms with van der Waals surface area (Å²) in [6.45, 7) is 6.41. The van der Waals surface area contributed by atoms with Crippen LogP contribution in [0.1, 0.15) is 22.6 Å². The number of hydrogen-bond donors (Lipinski definition) is 2. The SMILES string of the molecule is C=CCn1c(Cc2csc(NC(=O)C3Cc4ccc(C)cc4S3)n2)n[nH]c1=S. The molecule has 9 heteroatoms. The molecule has 0 saturated carbocycles. The van der Waals surface area contributed by atoms with Crippen LogP contribution in [0.15, 0.2) is 41.1 Å². The summed E-state index contributed by atoms with van der Waals surface area (Å²) in [4.78, 5) is 18.4. The number of carbonyl (C=O) groups is 1. The number of H-pyrrole nitrogens is 1. The van der Waals surface area contributed by atoms with Crippen LogP contribution in [0, 0.1) is 11.7 Å². The van der Waals surface area contributed by atoms with Crippen LogP contribution in [0.25, 0.3) is 0 Å². The molecule has 3 heterocycles. The molecule has 0 fully saturated rings. The van der Waals surface area contributed by atoms with Crippen LogP contribution in [0.3, 0.4) is 0 Å². The molecule has 1 aliphatic rings. The van der Waals surface area contributed by atoms with E-state index in [0.717, 1.165) is 17.9 Å². The van der Waals surface area contributed by atoms with Crippen molar-refractivity contribution in [2.75, 3.05) is 5.32 Å². The number of rotatable bonds is 6. The average molecular weight is 430 g/mol. The Morgan fingerprint density at radius 1 is 1.54 bits per heavy atom. The van der Waals surface area contributed by atoms with E-state index in [2.05, 4.69) is 52.2 Å². The number of hydrogen-bond acceptors (Lipinski definition) is 6. The molecular formula is C19H19N5OS3. The maximum atomic E-state index is 12.7. The fourth-order valence-electron chi connectivity index (χ4n) is 3.08. The minimum Gasteiger partial charge on any atom is -0.301 e. The Bertz CT molecular complexity index is 1100. The Hall–Kier alpha value is -2.23. The van der Waals surface area contributed by atoms with Crippen LogP contribution in [0.4, 0.5) is 5.13 Å². The molecule has 1 unspecified atom stereocenters. The Kier molecular flexibility index (Phi) is 5.47. The summed E-state index contributed by atoms with van der Waals surface area (Å²) in [6, 6.07) is 6.35. The van der Waals surface area contributed by atoms with Crippen molar-refractivity contribution in [3.05, 3.63) is 63.7 Å². The highest BCUT2D eigenvalue weighted by Crippen LogP contribution is 2.38. The van der Waals surface area contributed by atoms with Gasteiger partial charge in [0, 0.05) is 16.8 Å². The number of aromatic amines is 1. The third kappa shape index (κ3) is 3.96. The van der Waals surface area contributed by atoms with E-state index in [1.165, 1.54) is 27.4 Å². The van der Waals surface area contributed by atoms with Gasteiger partial charge in [-0.2, -0.15) is 5.10 Å². The van der Waals surface area contributed by atoms with Gasteiger partial charge < -0.3 is 5.32 Å². The molecule has 3 aromatic rings. The van der Waals surface area contributed by atoms with Crippen LogP contribution in [0.5, 0.6) is 0 Å². The van der Waals surface area contributed by atoms with Crippen LogP contribution in [-0.2, 0) is 24.2 Å². The van der Waals surface area contributed by atoms with Gasteiger partial charge in [-0.25, -0.2) is 4.98 Å². The summed E-state index contributed by atoms with van der Waals surface area (Å²) in [5.41, 5.74) is 3.30. The summed E-state index contributed by atoms with van der Waals surface area (Å²) in [5, 5.41) is 12.5. The smallest absolute Gasteiger partial charge is 0.239 e. The van der Waals surface area contributed by atoms with E-state index >= 15 is 0 Å². The molecule has 2 aromatic heterocycles. The molecule has 0 radical (unpaired) electrons. The zero-order chi connectivity index (χ0) is 19.7. The van der Waals surface area contributed by atoms with Crippen molar-refractivity contribution in [3.8, 4) is 0 Å². The number of nitrogens with zero attached hydrogens (tertiary/aromatic N) is 3. The van der Waals surface area contributed by atoms with Crippen molar-refractivity contribution < 1.29 is 4.79 Å². The first kappa shape index (κ1) is 19.1. The lowest BCUT2D eigenvalue weighted by atomic mass is 10.1. The van der Waals surface area contributed by atoms with Crippen molar-refractivity contribution in [2.24, 2.45) is 0 Å². The zero-order valence-corrected chi connectivity index (χ0v) is 17.7. The van der Waals surface area contributed by atoms with E-state index in [9.17, 15) is 4.79 Å². The van der Waals surface area contributed by atoms with Gasteiger partial charge >= 0.3 is 0 Å². The van der Waals surface area contributed by atoms with Gasteiger partial charge in [-0.3, -0.25) is 14.5 Å². The van der Waals surface area contributed by atoms with Gasteiger partial charge in [0.2, 0.25) is 5.91 Å². The number of aryl methyl sites for hydroxylation is 1. The lowest BCUT2D eigenvalue weighted by molar-refractivity contribution is -0.115. The van der Waals surface area contributed by atoms with Crippen LogP contribution in [-0.4, -0.2) is 30.9 Å². The summed E-state index contributed by atoms with van der Waals surface area (Å²) in [6.07, 6.45) is 3.07. The monoisotopic (exact) mass is 429 g/mol. The van der Waals surface area contributed by atoms with E-state index < -0.39 is 0 Å². The highest BCUT2D eigenvalue weighted by molar-refractivity contribution is 8.01. The summed E-state index contributed by atoms with van der Waals surface area (Å²) in [7, 11) is 0. The molecule has 0 bridgehead atoms. The lowest BCUT2D eigenvalue weighted by Crippen LogP contribution is -2.24. The highest BCUT2D eigenvalue weighted by Gasteiger charge is 2.28. The highest BCUT2D eigenvalue weighted by atomic mass is 32.2. The maximum Gasteiger partial charge on any atom is 0.239 e. The van der Waals surface area contributed by atoms with Crippen LogP contribution < -0.4 is 5.32 Å². The predicted molar refractivity (Wildman–Crippen MR) is 116 cm³/mol. The van der Waals surface area contributed by atoms with Crippen molar-refractivity contribution >= 4 is 46.4 Å². The van der Waals surface area contributed by atoms with Crippen molar-refractivity contribution in [1.29, 1.82) is 0 Å². The molecule has 6 nitrogen and oxygen atoms in total. The van der Waals surface area contributed by atoms with Gasteiger partial charge in [0.05, 0.1) is 17.4 Å².